The standard InChI is InChI=1S/C6H10BrN.ClH/c7-6-4-1-2-8-3-5(4)6;/h4-6,8H,1-3H2;1H/t4-,5+,6+;/m1./s1. The highest BCUT2D eigenvalue weighted by molar-refractivity contribution is 9.09. The van der Waals surface area contributed by atoms with Crippen molar-refractivity contribution in [1.29, 1.82) is 0 Å². The average molecular weight is 213 g/mol. The number of halogens is 2. The van der Waals surface area contributed by atoms with Gasteiger partial charge in [0.25, 0.3) is 0 Å². The van der Waals surface area contributed by atoms with Gasteiger partial charge in [-0.25, -0.2) is 0 Å². The number of piperidine rings is 1. The highest BCUT2D eigenvalue weighted by atomic mass is 79.9. The SMILES string of the molecule is Br[C@@H]1[C@H]2CNCC[C@@H]12.Cl. The molecule has 1 saturated carbocycles. The third-order valence-corrected chi connectivity index (χ3v) is 3.62. The van der Waals surface area contributed by atoms with Crippen molar-refractivity contribution in [2.75, 3.05) is 13.1 Å². The molecule has 1 saturated heterocycles. The van der Waals surface area contributed by atoms with Crippen molar-refractivity contribution in [1.82, 2.24) is 5.32 Å². The van der Waals surface area contributed by atoms with E-state index in [4.69, 9.17) is 0 Å². The Balaban J connectivity index is 0.000000405. The summed E-state index contributed by atoms with van der Waals surface area (Å²) in [5, 5.41) is 3.38. The van der Waals surface area contributed by atoms with Crippen LogP contribution in [0.1, 0.15) is 6.42 Å². The number of alkyl halides is 1. The van der Waals surface area contributed by atoms with Gasteiger partial charge in [-0.15, -0.1) is 12.4 Å². The van der Waals surface area contributed by atoms with Gasteiger partial charge in [-0.05, 0) is 31.3 Å². The van der Waals surface area contributed by atoms with Gasteiger partial charge < -0.3 is 5.32 Å². The van der Waals surface area contributed by atoms with Crippen LogP contribution in [-0.4, -0.2) is 17.9 Å². The molecular weight excluding hydrogens is 201 g/mol. The number of fused-ring (bicyclic) bond motifs is 1. The van der Waals surface area contributed by atoms with Crippen LogP contribution < -0.4 is 5.32 Å². The summed E-state index contributed by atoms with van der Waals surface area (Å²) in [4.78, 5) is 0.859. The maximum absolute atomic E-state index is 3.64. The van der Waals surface area contributed by atoms with Crippen LogP contribution in [-0.2, 0) is 0 Å². The smallest absolute Gasteiger partial charge is 0.0221 e. The van der Waals surface area contributed by atoms with E-state index in [-0.39, 0.29) is 12.4 Å². The molecule has 54 valence electrons. The lowest BCUT2D eigenvalue weighted by atomic mass is 10.2. The van der Waals surface area contributed by atoms with Crippen LogP contribution in [0.4, 0.5) is 0 Å². The minimum absolute atomic E-state index is 0. The van der Waals surface area contributed by atoms with Gasteiger partial charge >= 0.3 is 0 Å². The van der Waals surface area contributed by atoms with Crippen LogP contribution in [0.2, 0.25) is 0 Å². The second-order valence-corrected chi connectivity index (χ2v) is 3.82. The second kappa shape index (κ2) is 2.77. The van der Waals surface area contributed by atoms with Gasteiger partial charge in [-0.1, -0.05) is 15.9 Å². The molecule has 1 aliphatic heterocycles. The highest BCUT2D eigenvalue weighted by Gasteiger charge is 2.48. The molecule has 0 spiro atoms. The van der Waals surface area contributed by atoms with E-state index in [9.17, 15) is 0 Å². The zero-order valence-electron chi connectivity index (χ0n) is 5.14. The van der Waals surface area contributed by atoms with Crippen LogP contribution in [0.3, 0.4) is 0 Å². The Hall–Kier alpha value is 0.730. The lowest BCUT2D eigenvalue weighted by molar-refractivity contribution is 0.497. The van der Waals surface area contributed by atoms with Gasteiger partial charge in [0.05, 0.1) is 0 Å². The van der Waals surface area contributed by atoms with E-state index in [0.29, 0.717) is 0 Å². The van der Waals surface area contributed by atoms with Crippen LogP contribution in [0.15, 0.2) is 0 Å². The van der Waals surface area contributed by atoms with Gasteiger partial charge in [0.15, 0.2) is 0 Å². The molecule has 1 heterocycles. The van der Waals surface area contributed by atoms with Crippen molar-refractivity contribution in [2.45, 2.75) is 11.2 Å². The summed E-state index contributed by atoms with van der Waals surface area (Å²) in [7, 11) is 0. The predicted molar refractivity (Wildman–Crippen MR) is 44.4 cm³/mol. The van der Waals surface area contributed by atoms with Gasteiger partial charge in [0, 0.05) is 4.83 Å². The van der Waals surface area contributed by atoms with Crippen molar-refractivity contribution in [3.8, 4) is 0 Å². The molecule has 0 aromatic rings. The van der Waals surface area contributed by atoms with Crippen molar-refractivity contribution < 1.29 is 0 Å². The topological polar surface area (TPSA) is 12.0 Å². The third-order valence-electron chi connectivity index (χ3n) is 2.26. The fourth-order valence-corrected chi connectivity index (χ4v) is 2.63. The van der Waals surface area contributed by atoms with Gasteiger partial charge in [0.2, 0.25) is 0 Å². The lowest BCUT2D eigenvalue weighted by Gasteiger charge is -2.07. The van der Waals surface area contributed by atoms with E-state index in [0.717, 1.165) is 16.7 Å². The molecule has 1 nitrogen and oxygen atoms in total. The van der Waals surface area contributed by atoms with E-state index in [1.165, 1.54) is 19.5 Å². The van der Waals surface area contributed by atoms with E-state index >= 15 is 0 Å². The first-order valence-corrected chi connectivity index (χ1v) is 4.16. The first kappa shape index (κ1) is 7.83. The Morgan fingerprint density at radius 2 is 2.11 bits per heavy atom. The summed E-state index contributed by atoms with van der Waals surface area (Å²) in [6.45, 7) is 2.49. The van der Waals surface area contributed by atoms with Crippen LogP contribution in [0.5, 0.6) is 0 Å². The molecule has 0 unspecified atom stereocenters. The summed E-state index contributed by atoms with van der Waals surface area (Å²) in [6.07, 6.45) is 1.39. The molecule has 0 bridgehead atoms. The summed E-state index contributed by atoms with van der Waals surface area (Å²) in [5.41, 5.74) is 0. The molecule has 0 aromatic carbocycles. The molecule has 3 heteroatoms. The Labute approximate surface area is 70.1 Å². The van der Waals surface area contributed by atoms with Gasteiger partial charge in [-0.2, -0.15) is 0 Å². The fraction of sp³-hybridized carbons (Fsp3) is 1.00. The molecule has 2 rings (SSSR count). The zero-order valence-corrected chi connectivity index (χ0v) is 7.54. The lowest BCUT2D eigenvalue weighted by Crippen LogP contribution is -2.23. The van der Waals surface area contributed by atoms with Crippen molar-refractivity contribution in [2.24, 2.45) is 11.8 Å². The predicted octanol–water partition coefficient (Wildman–Crippen LogP) is 1.41. The summed E-state index contributed by atoms with van der Waals surface area (Å²) in [6, 6.07) is 0. The quantitative estimate of drug-likeness (QED) is 0.599. The van der Waals surface area contributed by atoms with Gasteiger partial charge in [0.1, 0.15) is 0 Å². The second-order valence-electron chi connectivity index (χ2n) is 2.76. The maximum atomic E-state index is 3.64. The Kier molecular flexibility index (Phi) is 2.41. The average Bonchev–Trinajstić information content (AvgIpc) is 2.46. The van der Waals surface area contributed by atoms with E-state index in [1.54, 1.807) is 0 Å². The van der Waals surface area contributed by atoms with E-state index in [1.807, 2.05) is 0 Å². The van der Waals surface area contributed by atoms with Crippen molar-refractivity contribution in [3.05, 3.63) is 0 Å². The highest BCUT2D eigenvalue weighted by Crippen LogP contribution is 2.48. The summed E-state index contributed by atoms with van der Waals surface area (Å²) < 4.78 is 0. The number of nitrogens with one attached hydrogen (secondary N) is 1. The normalized spacial score (nSPS) is 47.0. The van der Waals surface area contributed by atoms with Crippen LogP contribution >= 0.6 is 28.3 Å². The minimum atomic E-state index is 0. The maximum Gasteiger partial charge on any atom is 0.0221 e. The Bertz CT molecular complexity index is 97.2. The number of hydrogen-bond donors (Lipinski definition) is 1. The minimum Gasteiger partial charge on any atom is -0.316 e. The molecule has 9 heavy (non-hydrogen) atoms. The molecule has 0 aromatic heterocycles. The molecule has 0 radical (unpaired) electrons. The molecule has 2 aliphatic rings. The molecule has 2 fully saturated rings. The summed E-state index contributed by atoms with van der Waals surface area (Å²) in [5.74, 6) is 2.00. The van der Waals surface area contributed by atoms with E-state index in [2.05, 4.69) is 21.2 Å². The molecular formula is C6H11BrClN. The zero-order chi connectivity index (χ0) is 5.56. The van der Waals surface area contributed by atoms with Gasteiger partial charge in [-0.3, -0.25) is 0 Å². The molecule has 3 atom stereocenters. The number of rotatable bonds is 0. The fourth-order valence-electron chi connectivity index (χ4n) is 1.57. The van der Waals surface area contributed by atoms with Crippen LogP contribution in [0.25, 0.3) is 0 Å². The molecule has 1 aliphatic carbocycles. The van der Waals surface area contributed by atoms with Crippen molar-refractivity contribution >= 4 is 28.3 Å². The first-order valence-electron chi connectivity index (χ1n) is 3.24. The monoisotopic (exact) mass is 211 g/mol. The van der Waals surface area contributed by atoms with Crippen molar-refractivity contribution in [3.63, 3.8) is 0 Å². The molecule has 0 amide bonds. The third kappa shape index (κ3) is 1.26. The first-order chi connectivity index (χ1) is 3.89. The van der Waals surface area contributed by atoms with E-state index < -0.39 is 0 Å². The van der Waals surface area contributed by atoms with Crippen LogP contribution in [0, 0.1) is 11.8 Å². The number of hydrogen-bond acceptors (Lipinski definition) is 1. The molecule has 1 N–H and O–H groups in total. The Morgan fingerprint density at radius 1 is 1.33 bits per heavy atom. The largest absolute Gasteiger partial charge is 0.316 e. The Morgan fingerprint density at radius 3 is 2.56 bits per heavy atom. The summed E-state index contributed by atoms with van der Waals surface area (Å²) >= 11 is 3.64.